The van der Waals surface area contributed by atoms with Gasteiger partial charge in [-0.1, -0.05) is 0 Å². The van der Waals surface area contributed by atoms with Crippen molar-refractivity contribution in [3.8, 4) is 0 Å². The third kappa shape index (κ3) is 6.64. The van der Waals surface area contributed by atoms with E-state index in [4.69, 9.17) is 18.9 Å². The summed E-state index contributed by atoms with van der Waals surface area (Å²) in [5.41, 5.74) is 0. The molecule has 2 unspecified atom stereocenters. The minimum absolute atomic E-state index is 0.0318. The molecule has 0 bridgehead atoms. The number of urea groups is 2. The van der Waals surface area contributed by atoms with E-state index in [0.717, 1.165) is 7.05 Å². The number of carbonyl (C=O) groups excluding carboxylic acids is 5. The highest BCUT2D eigenvalue weighted by molar-refractivity contribution is 5.99. The van der Waals surface area contributed by atoms with Gasteiger partial charge >= 0.3 is 24.0 Å². The number of nitrogens with zero attached hydrogens (tertiary/aromatic N) is 2. The number of amides is 5. The molecular weight excluding hydrogens is 354 g/mol. The Bertz CT molecular complexity index is 574. The molecule has 12 heteroatoms. The fourth-order valence-corrected chi connectivity index (χ4v) is 1.63. The quantitative estimate of drug-likeness (QED) is 0.278. The summed E-state index contributed by atoms with van der Waals surface area (Å²) in [4.78, 5) is 58.9. The van der Waals surface area contributed by atoms with Crippen molar-refractivity contribution in [3.05, 3.63) is 0 Å². The summed E-state index contributed by atoms with van der Waals surface area (Å²) in [6.45, 7) is 0.0153. The second-order valence-electron chi connectivity index (χ2n) is 5.51. The van der Waals surface area contributed by atoms with Gasteiger partial charge in [0.2, 0.25) is 6.41 Å². The minimum Gasteiger partial charge on any atom is -0.462 e. The van der Waals surface area contributed by atoms with E-state index in [0.29, 0.717) is 23.0 Å². The number of epoxide rings is 2. The van der Waals surface area contributed by atoms with Crippen LogP contribution in [0.15, 0.2) is 0 Å². The normalized spacial score (nSPS) is 19.7. The van der Waals surface area contributed by atoms with Crippen LogP contribution in [0.25, 0.3) is 0 Å². The molecule has 2 aliphatic rings. The van der Waals surface area contributed by atoms with E-state index in [1.54, 1.807) is 0 Å². The molecule has 144 valence electrons. The Morgan fingerprint density at radius 3 is 2.12 bits per heavy atom. The maximum atomic E-state index is 12.1. The molecule has 1 N–H and O–H groups in total. The molecule has 2 saturated heterocycles. The third-order valence-corrected chi connectivity index (χ3v) is 3.31. The van der Waals surface area contributed by atoms with E-state index < -0.39 is 37.1 Å². The highest BCUT2D eigenvalue weighted by atomic mass is 16.6. The molecule has 2 heterocycles. The van der Waals surface area contributed by atoms with Crippen LogP contribution in [0.1, 0.15) is 0 Å². The Morgan fingerprint density at radius 2 is 1.62 bits per heavy atom. The summed E-state index contributed by atoms with van der Waals surface area (Å²) in [5.74, 6) is -1.52. The van der Waals surface area contributed by atoms with Gasteiger partial charge in [-0.25, -0.2) is 14.5 Å². The summed E-state index contributed by atoms with van der Waals surface area (Å²) in [6.07, 6.45) is -0.157. The number of rotatable bonds is 9. The van der Waals surface area contributed by atoms with E-state index in [2.05, 4.69) is 5.32 Å². The van der Waals surface area contributed by atoms with E-state index in [1.807, 2.05) is 0 Å². The average Bonchev–Trinajstić information content (AvgIpc) is 3.53. The second-order valence-corrected chi connectivity index (χ2v) is 5.51. The molecule has 5 amide bonds. The van der Waals surface area contributed by atoms with Gasteiger partial charge in [0.05, 0.1) is 13.2 Å². The Hall–Kier alpha value is -2.73. The SMILES string of the molecule is CN(C(=O)NCC(=O)OCC1CO1)C(=O)N(C=O)CC(=O)OCC1CO1. The van der Waals surface area contributed by atoms with Crippen LogP contribution >= 0.6 is 0 Å². The molecule has 0 spiro atoms. The lowest BCUT2D eigenvalue weighted by molar-refractivity contribution is -0.146. The zero-order valence-corrected chi connectivity index (χ0v) is 14.0. The van der Waals surface area contributed by atoms with Gasteiger partial charge in [0.1, 0.15) is 38.5 Å². The molecule has 0 aromatic heterocycles. The van der Waals surface area contributed by atoms with Crippen molar-refractivity contribution < 1.29 is 42.9 Å². The Kier molecular flexibility index (Phi) is 6.86. The number of hydrogen-bond donors (Lipinski definition) is 1. The van der Waals surface area contributed by atoms with Crippen molar-refractivity contribution in [2.24, 2.45) is 0 Å². The fourth-order valence-electron chi connectivity index (χ4n) is 1.63. The topological polar surface area (TPSA) is 147 Å². The molecule has 0 radical (unpaired) electrons. The number of carbonyl (C=O) groups is 5. The summed E-state index contributed by atoms with van der Waals surface area (Å²) < 4.78 is 19.3. The Balaban J connectivity index is 1.70. The average molecular weight is 373 g/mol. The molecular formula is C14H19N3O9. The lowest BCUT2D eigenvalue weighted by Gasteiger charge is -2.21. The molecule has 2 aliphatic heterocycles. The van der Waals surface area contributed by atoms with Gasteiger partial charge in [-0.3, -0.25) is 19.3 Å². The van der Waals surface area contributed by atoms with E-state index >= 15 is 0 Å². The molecule has 0 aliphatic carbocycles. The predicted molar refractivity (Wildman–Crippen MR) is 80.7 cm³/mol. The highest BCUT2D eigenvalue weighted by Crippen LogP contribution is 2.09. The predicted octanol–water partition coefficient (Wildman–Crippen LogP) is -1.91. The fraction of sp³-hybridized carbons (Fsp3) is 0.643. The maximum absolute atomic E-state index is 12.1. The Morgan fingerprint density at radius 1 is 1.08 bits per heavy atom. The zero-order chi connectivity index (χ0) is 19.1. The first-order valence-corrected chi connectivity index (χ1v) is 7.72. The first-order valence-electron chi connectivity index (χ1n) is 7.72. The molecule has 2 atom stereocenters. The van der Waals surface area contributed by atoms with Gasteiger partial charge in [0.15, 0.2) is 0 Å². The second kappa shape index (κ2) is 9.10. The van der Waals surface area contributed by atoms with Crippen LogP contribution in [0.2, 0.25) is 0 Å². The molecule has 0 aromatic rings. The minimum atomic E-state index is -1.06. The van der Waals surface area contributed by atoms with Gasteiger partial charge in [-0.15, -0.1) is 0 Å². The summed E-state index contributed by atoms with van der Waals surface area (Å²) in [5, 5.41) is 2.16. The van der Waals surface area contributed by atoms with Crippen LogP contribution in [-0.4, -0.2) is 99.0 Å². The van der Waals surface area contributed by atoms with Crippen LogP contribution in [0.4, 0.5) is 9.59 Å². The summed E-state index contributed by atoms with van der Waals surface area (Å²) >= 11 is 0. The maximum Gasteiger partial charge on any atom is 0.334 e. The van der Waals surface area contributed by atoms with Crippen molar-refractivity contribution in [1.29, 1.82) is 0 Å². The zero-order valence-electron chi connectivity index (χ0n) is 14.0. The molecule has 26 heavy (non-hydrogen) atoms. The Labute approximate surface area is 148 Å². The standard InChI is InChI=1S/C14H19N3O9/c1-16(13(21)15-2-11(19)25-6-9-4-23-9)14(22)17(8-18)3-12(20)26-7-10-5-24-10/h8-10H,2-7H2,1H3,(H,15,21). The number of imide groups is 2. The molecule has 0 aromatic carbocycles. The highest BCUT2D eigenvalue weighted by Gasteiger charge is 2.28. The summed E-state index contributed by atoms with van der Waals surface area (Å²) in [7, 11) is 1.08. The largest absolute Gasteiger partial charge is 0.462 e. The van der Waals surface area contributed by atoms with Crippen LogP contribution in [0.3, 0.4) is 0 Å². The van der Waals surface area contributed by atoms with Crippen LogP contribution in [0, 0.1) is 0 Å². The van der Waals surface area contributed by atoms with Gasteiger partial charge < -0.3 is 24.3 Å². The lowest BCUT2D eigenvalue weighted by atomic mass is 10.5. The van der Waals surface area contributed by atoms with E-state index in [-0.39, 0.29) is 31.8 Å². The van der Waals surface area contributed by atoms with E-state index in [1.165, 1.54) is 0 Å². The number of ether oxygens (including phenoxy) is 4. The van der Waals surface area contributed by atoms with Gasteiger partial charge in [0.25, 0.3) is 0 Å². The number of hydrogen-bond acceptors (Lipinski definition) is 9. The van der Waals surface area contributed by atoms with Crippen LogP contribution in [0.5, 0.6) is 0 Å². The van der Waals surface area contributed by atoms with Gasteiger partial charge in [-0.05, 0) is 0 Å². The molecule has 2 fully saturated rings. The van der Waals surface area contributed by atoms with Gasteiger partial charge in [0, 0.05) is 7.05 Å². The third-order valence-electron chi connectivity index (χ3n) is 3.31. The van der Waals surface area contributed by atoms with Gasteiger partial charge in [-0.2, -0.15) is 0 Å². The number of esters is 2. The summed E-state index contributed by atoms with van der Waals surface area (Å²) in [6, 6.07) is -2.00. The first-order chi connectivity index (χ1) is 12.4. The van der Waals surface area contributed by atoms with Crippen molar-refractivity contribution in [1.82, 2.24) is 15.1 Å². The van der Waals surface area contributed by atoms with Crippen LogP contribution in [-0.2, 0) is 33.3 Å². The monoisotopic (exact) mass is 373 g/mol. The molecule has 2 rings (SSSR count). The van der Waals surface area contributed by atoms with Crippen LogP contribution < -0.4 is 5.32 Å². The number of nitrogens with one attached hydrogen (secondary N) is 1. The smallest absolute Gasteiger partial charge is 0.334 e. The van der Waals surface area contributed by atoms with Crippen molar-refractivity contribution in [2.75, 3.05) is 46.6 Å². The molecule has 12 nitrogen and oxygen atoms in total. The van der Waals surface area contributed by atoms with Crippen molar-refractivity contribution in [3.63, 3.8) is 0 Å². The van der Waals surface area contributed by atoms with Crippen molar-refractivity contribution >= 4 is 30.4 Å². The molecule has 0 saturated carbocycles. The lowest BCUT2D eigenvalue weighted by Crippen LogP contribution is -2.50. The van der Waals surface area contributed by atoms with Crippen molar-refractivity contribution in [2.45, 2.75) is 12.2 Å². The first kappa shape index (κ1) is 19.6. The van der Waals surface area contributed by atoms with E-state index in [9.17, 15) is 24.0 Å².